The van der Waals surface area contributed by atoms with Crippen LogP contribution in [0.4, 0.5) is 13.2 Å². The number of fused-ring (bicyclic) bond motifs is 1. The second-order valence-electron chi connectivity index (χ2n) is 7.86. The van der Waals surface area contributed by atoms with Gasteiger partial charge in [-0.15, -0.1) is 0 Å². The normalized spacial score (nSPS) is 11.3. The number of aromatic nitrogens is 1. The van der Waals surface area contributed by atoms with Gasteiger partial charge in [0.25, 0.3) is 5.91 Å². The number of hydrogen-bond donors (Lipinski definition) is 1. The minimum Gasteiger partial charge on any atom is -0.493 e. The summed E-state index contributed by atoms with van der Waals surface area (Å²) in [4.78, 5) is 17.9. The van der Waals surface area contributed by atoms with Crippen LogP contribution < -0.4 is 19.5 Å². The molecule has 1 amide bonds. The number of benzene rings is 3. The van der Waals surface area contributed by atoms with E-state index in [0.29, 0.717) is 50.5 Å². The highest BCUT2D eigenvalue weighted by Gasteiger charge is 2.30. The summed E-state index contributed by atoms with van der Waals surface area (Å²) in [6.07, 6.45) is -4.42. The molecule has 36 heavy (non-hydrogen) atoms. The van der Waals surface area contributed by atoms with Crippen LogP contribution in [-0.4, -0.2) is 32.2 Å². The molecule has 0 aliphatic heterocycles. The monoisotopic (exact) mass is 496 g/mol. The highest BCUT2D eigenvalue weighted by Crippen LogP contribution is 2.41. The third kappa shape index (κ3) is 5.05. The van der Waals surface area contributed by atoms with Crippen molar-refractivity contribution < 1.29 is 32.2 Å². The van der Waals surface area contributed by atoms with Gasteiger partial charge < -0.3 is 19.5 Å². The summed E-state index contributed by atoms with van der Waals surface area (Å²) in [5, 5.41) is 3.43. The Labute approximate surface area is 205 Å². The van der Waals surface area contributed by atoms with Crippen molar-refractivity contribution in [2.75, 3.05) is 21.3 Å². The minimum atomic E-state index is -4.42. The SMILES string of the molecule is COc1cc(-c2cc(C(=O)NCc3ccc(C(F)(F)F)cc3)c3ccccc3n2)cc(OC)c1OC. The van der Waals surface area contributed by atoms with E-state index in [-0.39, 0.29) is 12.5 Å². The molecule has 0 spiro atoms. The van der Waals surface area contributed by atoms with E-state index in [9.17, 15) is 18.0 Å². The van der Waals surface area contributed by atoms with E-state index in [1.54, 1.807) is 36.4 Å². The average molecular weight is 496 g/mol. The van der Waals surface area contributed by atoms with Crippen LogP contribution in [0, 0.1) is 0 Å². The number of pyridine rings is 1. The third-order valence-electron chi connectivity index (χ3n) is 5.66. The molecule has 4 rings (SSSR count). The lowest BCUT2D eigenvalue weighted by Crippen LogP contribution is -2.23. The molecular weight excluding hydrogens is 473 g/mol. The van der Waals surface area contributed by atoms with Gasteiger partial charge in [-0.2, -0.15) is 13.2 Å². The summed E-state index contributed by atoms with van der Waals surface area (Å²) in [5.74, 6) is 0.923. The van der Waals surface area contributed by atoms with Crippen LogP contribution in [0.3, 0.4) is 0 Å². The largest absolute Gasteiger partial charge is 0.493 e. The standard InChI is InChI=1S/C27H23F3N2O4/c1-34-23-12-17(13-24(35-2)25(23)36-3)22-14-20(19-6-4-5-7-21(19)32-22)26(33)31-15-16-8-10-18(11-9-16)27(28,29)30/h4-14H,15H2,1-3H3,(H,31,33). The van der Waals surface area contributed by atoms with Crippen LogP contribution in [0.25, 0.3) is 22.2 Å². The van der Waals surface area contributed by atoms with Crippen LogP contribution in [-0.2, 0) is 12.7 Å². The first kappa shape index (κ1) is 24.8. The molecule has 1 heterocycles. The first-order valence-electron chi connectivity index (χ1n) is 10.9. The number of nitrogens with zero attached hydrogens (tertiary/aromatic N) is 1. The molecule has 9 heteroatoms. The first-order chi connectivity index (χ1) is 17.2. The molecule has 6 nitrogen and oxygen atoms in total. The minimum absolute atomic E-state index is 0.0626. The number of carbonyl (C=O) groups excluding carboxylic acids is 1. The molecule has 0 fully saturated rings. The number of amides is 1. The van der Waals surface area contributed by atoms with E-state index in [1.165, 1.54) is 33.5 Å². The molecule has 0 saturated heterocycles. The highest BCUT2D eigenvalue weighted by molar-refractivity contribution is 6.07. The lowest BCUT2D eigenvalue weighted by atomic mass is 10.0. The van der Waals surface area contributed by atoms with Gasteiger partial charge in [-0.1, -0.05) is 30.3 Å². The molecule has 0 atom stereocenters. The Morgan fingerprint density at radius 3 is 2.11 bits per heavy atom. The van der Waals surface area contributed by atoms with Crippen LogP contribution in [0.5, 0.6) is 17.2 Å². The van der Waals surface area contributed by atoms with Crippen LogP contribution in [0.2, 0.25) is 0 Å². The Kier molecular flexibility index (Phi) is 7.00. The second-order valence-corrected chi connectivity index (χ2v) is 7.86. The number of alkyl halides is 3. The van der Waals surface area contributed by atoms with Crippen molar-refractivity contribution >= 4 is 16.8 Å². The van der Waals surface area contributed by atoms with Crippen LogP contribution >= 0.6 is 0 Å². The second kappa shape index (κ2) is 10.2. The van der Waals surface area contributed by atoms with Crippen molar-refractivity contribution in [3.63, 3.8) is 0 Å². The third-order valence-corrected chi connectivity index (χ3v) is 5.66. The Balaban J connectivity index is 1.69. The van der Waals surface area contributed by atoms with Gasteiger partial charge in [0.2, 0.25) is 5.75 Å². The maximum atomic E-state index is 13.2. The molecule has 1 aromatic heterocycles. The molecule has 0 aliphatic carbocycles. The van der Waals surface area contributed by atoms with Gasteiger partial charge in [0.1, 0.15) is 0 Å². The van der Waals surface area contributed by atoms with Gasteiger partial charge >= 0.3 is 6.18 Å². The maximum absolute atomic E-state index is 13.2. The van der Waals surface area contributed by atoms with E-state index in [0.717, 1.165) is 12.1 Å². The summed E-state index contributed by atoms with van der Waals surface area (Å²) in [5.41, 5.74) is 1.92. The van der Waals surface area contributed by atoms with Gasteiger partial charge in [0.05, 0.1) is 43.7 Å². The zero-order valence-corrected chi connectivity index (χ0v) is 19.8. The average Bonchev–Trinajstić information content (AvgIpc) is 2.89. The van der Waals surface area contributed by atoms with Crippen LogP contribution in [0.15, 0.2) is 66.7 Å². The molecule has 4 aromatic rings. The summed E-state index contributed by atoms with van der Waals surface area (Å²) in [7, 11) is 4.53. The van der Waals surface area contributed by atoms with Crippen molar-refractivity contribution in [2.45, 2.75) is 12.7 Å². The first-order valence-corrected chi connectivity index (χ1v) is 10.9. The topological polar surface area (TPSA) is 69.7 Å². The molecule has 0 aliphatic rings. The Bertz CT molecular complexity index is 1380. The van der Waals surface area contributed by atoms with Crippen LogP contribution in [0.1, 0.15) is 21.5 Å². The molecule has 0 radical (unpaired) electrons. The number of para-hydroxylation sites is 1. The molecule has 1 N–H and O–H groups in total. The van der Waals surface area contributed by atoms with Gasteiger partial charge in [-0.05, 0) is 42.0 Å². The molecule has 0 bridgehead atoms. The van der Waals surface area contributed by atoms with Crippen molar-refractivity contribution in [2.24, 2.45) is 0 Å². The number of methoxy groups -OCH3 is 3. The fraction of sp³-hybridized carbons (Fsp3) is 0.185. The predicted octanol–water partition coefficient (Wildman–Crippen LogP) is 5.88. The molecular formula is C27H23F3N2O4. The fourth-order valence-corrected chi connectivity index (χ4v) is 3.83. The molecule has 0 saturated carbocycles. The lowest BCUT2D eigenvalue weighted by molar-refractivity contribution is -0.137. The van der Waals surface area contributed by atoms with Crippen molar-refractivity contribution in [1.29, 1.82) is 0 Å². The van der Waals surface area contributed by atoms with E-state index in [4.69, 9.17) is 19.2 Å². The van der Waals surface area contributed by atoms with E-state index < -0.39 is 11.7 Å². The Morgan fingerprint density at radius 2 is 1.53 bits per heavy atom. The van der Waals surface area contributed by atoms with Crippen molar-refractivity contribution in [1.82, 2.24) is 10.3 Å². The van der Waals surface area contributed by atoms with E-state index >= 15 is 0 Å². The van der Waals surface area contributed by atoms with Crippen molar-refractivity contribution in [3.05, 3.63) is 83.4 Å². The fourth-order valence-electron chi connectivity index (χ4n) is 3.83. The molecule has 3 aromatic carbocycles. The molecule has 0 unspecified atom stereocenters. The number of hydrogen-bond acceptors (Lipinski definition) is 5. The van der Waals surface area contributed by atoms with Gasteiger partial charge in [-0.25, -0.2) is 4.98 Å². The number of rotatable bonds is 7. The summed E-state index contributed by atoms with van der Waals surface area (Å²) < 4.78 is 54.7. The highest BCUT2D eigenvalue weighted by atomic mass is 19.4. The summed E-state index contributed by atoms with van der Waals surface area (Å²) >= 11 is 0. The Morgan fingerprint density at radius 1 is 0.889 bits per heavy atom. The lowest BCUT2D eigenvalue weighted by Gasteiger charge is -2.15. The zero-order valence-electron chi connectivity index (χ0n) is 19.8. The Hall–Kier alpha value is -4.27. The number of ether oxygens (including phenoxy) is 3. The quantitative estimate of drug-likeness (QED) is 0.346. The molecule has 186 valence electrons. The van der Waals surface area contributed by atoms with Crippen molar-refractivity contribution in [3.8, 4) is 28.5 Å². The van der Waals surface area contributed by atoms with Gasteiger partial charge in [0, 0.05) is 17.5 Å². The zero-order chi connectivity index (χ0) is 25.9. The summed E-state index contributed by atoms with van der Waals surface area (Å²) in [6.45, 7) is 0.0626. The van der Waals surface area contributed by atoms with Gasteiger partial charge in [0.15, 0.2) is 11.5 Å². The van der Waals surface area contributed by atoms with E-state index in [1.807, 2.05) is 6.07 Å². The van der Waals surface area contributed by atoms with E-state index in [2.05, 4.69) is 5.32 Å². The predicted molar refractivity (Wildman–Crippen MR) is 129 cm³/mol. The smallest absolute Gasteiger partial charge is 0.416 e. The maximum Gasteiger partial charge on any atom is 0.416 e. The number of halogens is 3. The summed E-state index contributed by atoms with van der Waals surface area (Å²) in [6, 6.07) is 17.0. The number of carbonyl (C=O) groups is 1. The number of nitrogens with one attached hydrogen (secondary N) is 1. The van der Waals surface area contributed by atoms with Gasteiger partial charge in [-0.3, -0.25) is 4.79 Å².